The molecule has 5 rings (SSSR count). The lowest BCUT2D eigenvalue weighted by Crippen LogP contribution is -2.56. The molecule has 0 amide bonds. The molecule has 1 fully saturated rings. The summed E-state index contributed by atoms with van der Waals surface area (Å²) in [6.07, 6.45) is 6.06. The van der Waals surface area contributed by atoms with E-state index in [9.17, 15) is 4.79 Å². The third-order valence-corrected chi connectivity index (χ3v) is 7.51. The van der Waals surface area contributed by atoms with Crippen LogP contribution in [-0.2, 0) is 16.0 Å². The van der Waals surface area contributed by atoms with Crippen LogP contribution in [0.1, 0.15) is 36.7 Å². The summed E-state index contributed by atoms with van der Waals surface area (Å²) in [7, 11) is 3.65. The van der Waals surface area contributed by atoms with Crippen LogP contribution in [0.4, 0.5) is 0 Å². The van der Waals surface area contributed by atoms with E-state index in [2.05, 4.69) is 52.1 Å². The van der Waals surface area contributed by atoms with Crippen molar-refractivity contribution >= 4 is 28.8 Å². The molecule has 3 aromatic rings. The molecule has 0 spiro atoms. The second kappa shape index (κ2) is 8.98. The summed E-state index contributed by atoms with van der Waals surface area (Å²) < 4.78 is 5.34. The fourth-order valence-corrected chi connectivity index (χ4v) is 5.84. The second-order valence-electron chi connectivity index (χ2n) is 9.24. The Bertz CT molecular complexity index is 1190. The molecule has 0 radical (unpaired) electrons. The molecule has 33 heavy (non-hydrogen) atoms. The summed E-state index contributed by atoms with van der Waals surface area (Å²) in [5.41, 5.74) is 5.15. The van der Waals surface area contributed by atoms with E-state index in [1.54, 1.807) is 6.21 Å². The minimum atomic E-state index is -0.196. The molecule has 2 bridgehead atoms. The molecule has 1 aliphatic carbocycles. The van der Waals surface area contributed by atoms with Crippen LogP contribution in [0.3, 0.4) is 0 Å². The number of hydrogen-bond acceptors (Lipinski definition) is 5. The number of hydrogen-bond donors (Lipinski definition) is 2. The Labute approximate surface area is 193 Å². The molecule has 1 aliphatic heterocycles. The van der Waals surface area contributed by atoms with Crippen LogP contribution < -0.4 is 0 Å². The van der Waals surface area contributed by atoms with Gasteiger partial charge in [-0.15, -0.1) is 0 Å². The topological polar surface area (TPSA) is 85.8 Å². The van der Waals surface area contributed by atoms with Gasteiger partial charge in [-0.1, -0.05) is 31.5 Å². The highest BCUT2D eigenvalue weighted by Crippen LogP contribution is 2.42. The molecule has 3 heterocycles. The van der Waals surface area contributed by atoms with E-state index >= 15 is 0 Å². The number of methoxy groups -OCH3 is 1. The normalized spacial score (nSPS) is 26.9. The minimum Gasteiger partial charge on any atom is -0.469 e. The molecule has 2 aromatic heterocycles. The predicted octanol–water partition coefficient (Wildman–Crippen LogP) is 4.01. The summed E-state index contributed by atoms with van der Waals surface area (Å²) in [5, 5.41) is 10.3. The molecule has 0 unspecified atom stereocenters. The molecule has 172 valence electrons. The fourth-order valence-electron chi connectivity index (χ4n) is 5.84. The van der Waals surface area contributed by atoms with Crippen molar-refractivity contribution in [2.75, 3.05) is 20.7 Å². The molecule has 1 saturated heterocycles. The fraction of sp³-hybridized carbons (Fsp3) is 0.423. The smallest absolute Gasteiger partial charge is 0.310 e. The molecule has 4 atom stereocenters. The van der Waals surface area contributed by atoms with Gasteiger partial charge in [-0.25, -0.2) is 0 Å². The number of likely N-dealkylation sites (tertiary alicyclic amines) is 1. The predicted molar refractivity (Wildman–Crippen MR) is 131 cm³/mol. The number of nitrogens with zero attached hydrogens (tertiary/aromatic N) is 3. The van der Waals surface area contributed by atoms with Crippen LogP contribution in [0.25, 0.3) is 10.9 Å². The van der Waals surface area contributed by atoms with Gasteiger partial charge in [0.25, 0.3) is 0 Å². The van der Waals surface area contributed by atoms with Crippen molar-refractivity contribution in [2.24, 2.45) is 28.0 Å². The zero-order valence-electron chi connectivity index (χ0n) is 19.4. The number of aromatic amines is 2. The monoisotopic (exact) mass is 445 g/mol. The van der Waals surface area contributed by atoms with Crippen molar-refractivity contribution in [3.05, 3.63) is 59.5 Å². The van der Waals surface area contributed by atoms with E-state index in [1.165, 1.54) is 18.1 Å². The summed E-state index contributed by atoms with van der Waals surface area (Å²) in [5.74, 6) is 0.229. The summed E-state index contributed by atoms with van der Waals surface area (Å²) >= 11 is 0. The highest BCUT2D eigenvalue weighted by atomic mass is 16.5. The van der Waals surface area contributed by atoms with E-state index in [-0.39, 0.29) is 23.8 Å². The number of piperidine rings is 1. The SMILES string of the molecule is CC[C@H]1CN(C)[C@H]2Cc3c([nH]c4ccccc34)/C(=N/N=C\c3ccc[nH]3)C[C@H]1[C@H]2C(=O)OC. The standard InChI is InChI=1S/C26H31N5O2/c1-4-16-15-31(2)23-13-20-18-9-5-6-10-21(18)29-25(20)22(12-19(16)24(23)26(32)33-3)30-28-14-17-8-7-11-27-17/h5-11,14,16,19,23-24,27,29H,4,12-13,15H2,1-3H3/b28-14-,30-22+/t16-,19+,23-,24+/m0/s1. The van der Waals surface area contributed by atoms with Crippen molar-refractivity contribution in [1.29, 1.82) is 0 Å². The molecule has 7 nitrogen and oxygen atoms in total. The van der Waals surface area contributed by atoms with Gasteiger partial charge < -0.3 is 19.6 Å². The zero-order chi connectivity index (χ0) is 22.9. The van der Waals surface area contributed by atoms with Gasteiger partial charge >= 0.3 is 5.97 Å². The summed E-state index contributed by atoms with van der Waals surface area (Å²) in [6, 6.07) is 12.3. The third kappa shape index (κ3) is 3.91. The average molecular weight is 446 g/mol. The number of esters is 1. The Morgan fingerprint density at radius 1 is 1.24 bits per heavy atom. The Kier molecular flexibility index (Phi) is 5.89. The number of para-hydroxylation sites is 1. The zero-order valence-corrected chi connectivity index (χ0v) is 19.4. The van der Waals surface area contributed by atoms with Gasteiger partial charge in [0.2, 0.25) is 0 Å². The number of benzene rings is 1. The third-order valence-electron chi connectivity index (χ3n) is 7.51. The number of H-pyrrole nitrogens is 2. The lowest BCUT2D eigenvalue weighted by Gasteiger charge is -2.48. The van der Waals surface area contributed by atoms with Crippen LogP contribution in [0, 0.1) is 17.8 Å². The van der Waals surface area contributed by atoms with E-state index in [0.29, 0.717) is 12.3 Å². The molecule has 2 aliphatic rings. The van der Waals surface area contributed by atoms with Crippen molar-refractivity contribution in [3.8, 4) is 0 Å². The highest BCUT2D eigenvalue weighted by molar-refractivity contribution is 6.06. The molecular weight excluding hydrogens is 414 g/mol. The van der Waals surface area contributed by atoms with Gasteiger partial charge in [0.1, 0.15) is 0 Å². The Hall–Kier alpha value is -3.19. The summed E-state index contributed by atoms with van der Waals surface area (Å²) in [6.45, 7) is 3.18. The van der Waals surface area contributed by atoms with Crippen LogP contribution in [0.5, 0.6) is 0 Å². The first-order valence-corrected chi connectivity index (χ1v) is 11.7. The number of rotatable bonds is 4. The number of aromatic nitrogens is 2. The second-order valence-corrected chi connectivity index (χ2v) is 9.24. The maximum atomic E-state index is 13.1. The van der Waals surface area contributed by atoms with Crippen LogP contribution >= 0.6 is 0 Å². The molecular formula is C26H31N5O2. The van der Waals surface area contributed by atoms with Gasteiger partial charge in [0.05, 0.1) is 36.3 Å². The average Bonchev–Trinajstić information content (AvgIpc) is 3.46. The van der Waals surface area contributed by atoms with Gasteiger partial charge in [0.15, 0.2) is 0 Å². The van der Waals surface area contributed by atoms with Crippen molar-refractivity contribution in [2.45, 2.75) is 32.2 Å². The van der Waals surface area contributed by atoms with Gasteiger partial charge in [-0.3, -0.25) is 4.79 Å². The lowest BCUT2D eigenvalue weighted by molar-refractivity contribution is -0.154. The number of likely N-dealkylation sites (N-methyl/N-ethyl adjacent to an activating group) is 1. The molecule has 7 heteroatoms. The first kappa shape index (κ1) is 21.6. The molecule has 1 aromatic carbocycles. The largest absolute Gasteiger partial charge is 0.469 e. The molecule has 0 saturated carbocycles. The first-order valence-electron chi connectivity index (χ1n) is 11.7. The van der Waals surface area contributed by atoms with Gasteiger partial charge in [-0.05, 0) is 55.5 Å². The van der Waals surface area contributed by atoms with Gasteiger partial charge in [-0.2, -0.15) is 10.2 Å². The number of fused-ring (bicyclic) bond motifs is 5. The number of carbonyl (C=O) groups is 1. The van der Waals surface area contributed by atoms with E-state index in [1.807, 2.05) is 24.4 Å². The molecule has 2 N–H and O–H groups in total. The van der Waals surface area contributed by atoms with Crippen molar-refractivity contribution in [3.63, 3.8) is 0 Å². The number of nitrogens with one attached hydrogen (secondary N) is 2. The van der Waals surface area contributed by atoms with Crippen LogP contribution in [-0.4, -0.2) is 59.5 Å². The van der Waals surface area contributed by atoms with E-state index in [0.717, 1.165) is 42.0 Å². The lowest BCUT2D eigenvalue weighted by atomic mass is 9.67. The Balaban J connectivity index is 1.67. The minimum absolute atomic E-state index is 0.0900. The highest BCUT2D eigenvalue weighted by Gasteiger charge is 2.48. The maximum Gasteiger partial charge on any atom is 0.310 e. The Morgan fingerprint density at radius 2 is 2.09 bits per heavy atom. The number of ether oxygens (including phenoxy) is 1. The van der Waals surface area contributed by atoms with Gasteiger partial charge in [0, 0.05) is 29.7 Å². The van der Waals surface area contributed by atoms with Crippen LogP contribution in [0.15, 0.2) is 52.8 Å². The quantitative estimate of drug-likeness (QED) is 0.361. The van der Waals surface area contributed by atoms with Crippen molar-refractivity contribution < 1.29 is 9.53 Å². The van der Waals surface area contributed by atoms with Crippen molar-refractivity contribution in [1.82, 2.24) is 14.9 Å². The van der Waals surface area contributed by atoms with E-state index < -0.39 is 0 Å². The van der Waals surface area contributed by atoms with E-state index in [4.69, 9.17) is 9.84 Å². The maximum absolute atomic E-state index is 13.1. The summed E-state index contributed by atoms with van der Waals surface area (Å²) in [4.78, 5) is 22.2. The van der Waals surface area contributed by atoms with Crippen LogP contribution in [0.2, 0.25) is 0 Å². The first-order chi connectivity index (χ1) is 16.1. The number of carbonyl (C=O) groups excluding carboxylic acids is 1. The Morgan fingerprint density at radius 3 is 2.85 bits per heavy atom.